The number of amides is 3. The fourth-order valence-electron chi connectivity index (χ4n) is 3.58. The second kappa shape index (κ2) is 10.3. The second-order valence-electron chi connectivity index (χ2n) is 8.05. The van der Waals surface area contributed by atoms with E-state index in [4.69, 9.17) is 4.74 Å². The molecule has 0 bridgehead atoms. The molecule has 3 rings (SSSR count). The van der Waals surface area contributed by atoms with Crippen molar-refractivity contribution >= 4 is 17.7 Å². The summed E-state index contributed by atoms with van der Waals surface area (Å²) in [4.78, 5) is 41.7. The zero-order chi connectivity index (χ0) is 23.3. The number of methoxy groups -OCH3 is 1. The number of piperazine rings is 1. The van der Waals surface area contributed by atoms with E-state index < -0.39 is 11.9 Å². The van der Waals surface area contributed by atoms with Crippen molar-refractivity contribution in [2.45, 2.75) is 19.9 Å². The summed E-state index contributed by atoms with van der Waals surface area (Å²) in [6, 6.07) is 11.4. The summed E-state index contributed by atoms with van der Waals surface area (Å²) in [5.41, 5.74) is 0.858. The van der Waals surface area contributed by atoms with Crippen LogP contribution in [0.4, 0.5) is 4.39 Å². The van der Waals surface area contributed by atoms with Gasteiger partial charge in [0, 0.05) is 37.3 Å². The summed E-state index contributed by atoms with van der Waals surface area (Å²) < 4.78 is 18.2. The largest absolute Gasteiger partial charge is 0.497 e. The normalized spacial score (nSPS) is 14.8. The maximum absolute atomic E-state index is 13.1. The number of benzene rings is 2. The van der Waals surface area contributed by atoms with Crippen molar-refractivity contribution in [1.82, 2.24) is 15.1 Å². The van der Waals surface area contributed by atoms with Crippen LogP contribution in [0.3, 0.4) is 0 Å². The molecular weight excluding hydrogens is 413 g/mol. The summed E-state index contributed by atoms with van der Waals surface area (Å²) in [5.74, 6) is -0.547. The highest BCUT2D eigenvalue weighted by Crippen LogP contribution is 2.15. The van der Waals surface area contributed by atoms with Crippen LogP contribution in [0.5, 0.6) is 5.75 Å². The lowest BCUT2D eigenvalue weighted by Crippen LogP contribution is -2.57. The Morgan fingerprint density at radius 2 is 1.41 bits per heavy atom. The van der Waals surface area contributed by atoms with Gasteiger partial charge >= 0.3 is 0 Å². The third-order valence-corrected chi connectivity index (χ3v) is 5.54. The molecule has 0 radical (unpaired) electrons. The Morgan fingerprint density at radius 3 is 1.94 bits per heavy atom. The number of nitrogens with zero attached hydrogens (tertiary/aromatic N) is 2. The minimum absolute atomic E-state index is 0.108. The monoisotopic (exact) mass is 441 g/mol. The molecule has 2 aromatic rings. The lowest BCUT2D eigenvalue weighted by atomic mass is 10.0. The number of ether oxygens (including phenoxy) is 1. The molecule has 2 aromatic carbocycles. The highest BCUT2D eigenvalue weighted by molar-refractivity contribution is 5.98. The number of carbonyl (C=O) groups excluding carboxylic acids is 3. The van der Waals surface area contributed by atoms with E-state index in [2.05, 4.69) is 5.32 Å². The van der Waals surface area contributed by atoms with Gasteiger partial charge in [-0.3, -0.25) is 14.4 Å². The Balaban J connectivity index is 1.60. The smallest absolute Gasteiger partial charge is 0.253 e. The average Bonchev–Trinajstić information content (AvgIpc) is 2.82. The Morgan fingerprint density at radius 1 is 0.875 bits per heavy atom. The van der Waals surface area contributed by atoms with Gasteiger partial charge in [0.1, 0.15) is 17.6 Å². The molecule has 1 aliphatic heterocycles. The van der Waals surface area contributed by atoms with Crippen LogP contribution in [0.15, 0.2) is 48.5 Å². The van der Waals surface area contributed by atoms with Gasteiger partial charge in [0.2, 0.25) is 5.91 Å². The van der Waals surface area contributed by atoms with Crippen molar-refractivity contribution < 1.29 is 23.5 Å². The summed E-state index contributed by atoms with van der Waals surface area (Å²) in [6.07, 6.45) is 0. The summed E-state index contributed by atoms with van der Waals surface area (Å²) in [6.45, 7) is 5.25. The van der Waals surface area contributed by atoms with E-state index in [9.17, 15) is 18.8 Å². The molecule has 1 N–H and O–H groups in total. The van der Waals surface area contributed by atoms with E-state index in [1.54, 1.807) is 41.2 Å². The maximum Gasteiger partial charge on any atom is 0.253 e. The molecule has 0 saturated carbocycles. The van der Waals surface area contributed by atoms with Gasteiger partial charge in [-0.1, -0.05) is 13.8 Å². The van der Waals surface area contributed by atoms with E-state index in [1.165, 1.54) is 24.3 Å². The van der Waals surface area contributed by atoms with E-state index in [-0.39, 0.29) is 23.6 Å². The Hall–Kier alpha value is -3.42. The Kier molecular flexibility index (Phi) is 7.45. The summed E-state index contributed by atoms with van der Waals surface area (Å²) in [5, 5.41) is 2.85. The topological polar surface area (TPSA) is 79.0 Å². The molecule has 8 heteroatoms. The molecule has 0 aromatic heterocycles. The van der Waals surface area contributed by atoms with Crippen molar-refractivity contribution in [3.63, 3.8) is 0 Å². The first-order chi connectivity index (χ1) is 15.3. The molecular formula is C24H28FN3O4. The molecule has 1 fully saturated rings. The van der Waals surface area contributed by atoms with E-state index >= 15 is 0 Å². The molecule has 7 nitrogen and oxygen atoms in total. The SMILES string of the molecule is COc1ccc(C(=O)N[C@H](C(=O)N2CCN(C(=O)c3ccc(F)cc3)CC2)C(C)C)cc1. The number of hydrogen-bond acceptors (Lipinski definition) is 4. The first kappa shape index (κ1) is 23.2. The number of nitrogens with one attached hydrogen (secondary N) is 1. The van der Waals surface area contributed by atoms with Crippen LogP contribution in [0.25, 0.3) is 0 Å². The Labute approximate surface area is 187 Å². The number of halogens is 1. The van der Waals surface area contributed by atoms with Crippen molar-refractivity contribution in [3.05, 3.63) is 65.5 Å². The highest BCUT2D eigenvalue weighted by atomic mass is 19.1. The zero-order valence-corrected chi connectivity index (χ0v) is 18.5. The van der Waals surface area contributed by atoms with Gasteiger partial charge in [-0.15, -0.1) is 0 Å². The van der Waals surface area contributed by atoms with Gasteiger partial charge < -0.3 is 19.9 Å². The summed E-state index contributed by atoms with van der Waals surface area (Å²) in [7, 11) is 1.55. The van der Waals surface area contributed by atoms with Gasteiger partial charge in [0.05, 0.1) is 7.11 Å². The van der Waals surface area contributed by atoms with Crippen molar-refractivity contribution in [3.8, 4) is 5.75 Å². The number of carbonyl (C=O) groups is 3. The lowest BCUT2D eigenvalue weighted by Gasteiger charge is -2.37. The predicted octanol–water partition coefficient (Wildman–Crippen LogP) is 2.57. The highest BCUT2D eigenvalue weighted by Gasteiger charge is 2.32. The number of hydrogen-bond donors (Lipinski definition) is 1. The van der Waals surface area contributed by atoms with Crippen LogP contribution in [-0.2, 0) is 4.79 Å². The zero-order valence-electron chi connectivity index (χ0n) is 18.5. The van der Waals surface area contributed by atoms with E-state index in [0.717, 1.165) is 0 Å². The van der Waals surface area contributed by atoms with Crippen molar-refractivity contribution in [2.75, 3.05) is 33.3 Å². The van der Waals surface area contributed by atoms with Gasteiger partial charge in [0.25, 0.3) is 11.8 Å². The molecule has 1 atom stereocenters. The first-order valence-electron chi connectivity index (χ1n) is 10.6. The minimum atomic E-state index is -0.677. The number of rotatable bonds is 6. The third kappa shape index (κ3) is 5.43. The van der Waals surface area contributed by atoms with E-state index in [0.29, 0.717) is 43.1 Å². The molecule has 3 amide bonds. The van der Waals surface area contributed by atoms with Crippen LogP contribution in [0.2, 0.25) is 0 Å². The molecule has 1 heterocycles. The molecule has 170 valence electrons. The fourth-order valence-corrected chi connectivity index (χ4v) is 3.58. The average molecular weight is 442 g/mol. The molecule has 0 spiro atoms. The van der Waals surface area contributed by atoms with Crippen LogP contribution >= 0.6 is 0 Å². The standard InChI is InChI=1S/C24H28FN3O4/c1-16(2)21(26-22(29)17-6-10-20(32-3)11-7-17)24(31)28-14-12-27(13-15-28)23(30)18-4-8-19(25)9-5-18/h4-11,16,21H,12-15H2,1-3H3,(H,26,29)/t21-/m0/s1. The molecule has 1 saturated heterocycles. The molecule has 1 aliphatic rings. The molecule has 0 unspecified atom stereocenters. The van der Waals surface area contributed by atoms with Crippen LogP contribution in [-0.4, -0.2) is 66.9 Å². The first-order valence-corrected chi connectivity index (χ1v) is 10.6. The van der Waals surface area contributed by atoms with E-state index in [1.807, 2.05) is 13.8 Å². The maximum atomic E-state index is 13.1. The van der Waals surface area contributed by atoms with Crippen molar-refractivity contribution in [2.24, 2.45) is 5.92 Å². The van der Waals surface area contributed by atoms with Crippen molar-refractivity contribution in [1.29, 1.82) is 0 Å². The summed E-state index contributed by atoms with van der Waals surface area (Å²) >= 11 is 0. The molecule has 0 aliphatic carbocycles. The molecule has 32 heavy (non-hydrogen) atoms. The quantitative estimate of drug-likeness (QED) is 0.747. The second-order valence-corrected chi connectivity index (χ2v) is 8.05. The van der Waals surface area contributed by atoms with Crippen LogP contribution in [0.1, 0.15) is 34.6 Å². The van der Waals surface area contributed by atoms with Gasteiger partial charge in [-0.2, -0.15) is 0 Å². The van der Waals surface area contributed by atoms with Gasteiger partial charge in [-0.25, -0.2) is 4.39 Å². The van der Waals surface area contributed by atoms with Crippen LogP contribution in [0, 0.1) is 11.7 Å². The van der Waals surface area contributed by atoms with Crippen LogP contribution < -0.4 is 10.1 Å². The third-order valence-electron chi connectivity index (χ3n) is 5.54. The Bertz CT molecular complexity index is 952. The van der Waals surface area contributed by atoms with Gasteiger partial charge in [-0.05, 0) is 54.4 Å². The predicted molar refractivity (Wildman–Crippen MR) is 118 cm³/mol. The minimum Gasteiger partial charge on any atom is -0.497 e. The fraction of sp³-hybridized carbons (Fsp3) is 0.375. The lowest BCUT2D eigenvalue weighted by molar-refractivity contribution is -0.135. The van der Waals surface area contributed by atoms with Gasteiger partial charge in [0.15, 0.2) is 0 Å².